The second-order valence-corrected chi connectivity index (χ2v) is 8.94. The zero-order chi connectivity index (χ0) is 23.9. The molecule has 2 aliphatic rings. The molecule has 34 heavy (non-hydrogen) atoms. The van der Waals surface area contributed by atoms with Crippen LogP contribution in [0.15, 0.2) is 18.3 Å². The number of piperidine rings is 1. The van der Waals surface area contributed by atoms with Crippen LogP contribution < -0.4 is 10.6 Å². The van der Waals surface area contributed by atoms with E-state index in [9.17, 15) is 19.3 Å². The van der Waals surface area contributed by atoms with E-state index >= 15 is 0 Å². The van der Waals surface area contributed by atoms with Crippen molar-refractivity contribution in [2.45, 2.75) is 44.2 Å². The van der Waals surface area contributed by atoms with Crippen molar-refractivity contribution in [1.29, 1.82) is 10.5 Å². The number of nitriles is 2. The second-order valence-electron chi connectivity index (χ2n) is 8.56. The molecule has 2 aromatic heterocycles. The molecule has 1 saturated carbocycles. The third-order valence-electron chi connectivity index (χ3n) is 5.90. The van der Waals surface area contributed by atoms with E-state index in [1.165, 1.54) is 10.7 Å². The van der Waals surface area contributed by atoms with E-state index in [0.717, 1.165) is 12.8 Å². The lowest BCUT2D eigenvalue weighted by Crippen LogP contribution is -2.38. The topological polar surface area (TPSA) is 118 Å². The van der Waals surface area contributed by atoms with Crippen molar-refractivity contribution in [3.05, 3.63) is 40.2 Å². The van der Waals surface area contributed by atoms with Gasteiger partial charge in [-0.1, -0.05) is 11.6 Å². The zero-order valence-electron chi connectivity index (χ0n) is 18.0. The Labute approximate surface area is 199 Å². The highest BCUT2D eigenvalue weighted by atomic mass is 35.5. The lowest BCUT2D eigenvalue weighted by molar-refractivity contribution is -0.0566. The summed E-state index contributed by atoms with van der Waals surface area (Å²) >= 11 is 6.66. The van der Waals surface area contributed by atoms with Gasteiger partial charge in [0, 0.05) is 38.5 Å². The zero-order valence-corrected chi connectivity index (χ0v) is 18.8. The van der Waals surface area contributed by atoms with Gasteiger partial charge in [0.1, 0.15) is 6.07 Å². The molecule has 0 bridgehead atoms. The first kappa shape index (κ1) is 22.3. The summed E-state index contributed by atoms with van der Waals surface area (Å²) in [5, 5.41) is 30.0. The summed E-state index contributed by atoms with van der Waals surface area (Å²) in [7, 11) is 0. The first-order chi connectivity index (χ1) is 16.3. The number of imidazole rings is 1. The number of anilines is 3. The number of hydrogen-bond acceptors (Lipinski definition) is 8. The SMILES string of the molecule is N#Cc1cc(CN2CCC(F)(F)CC2)c(Cl)c(Nc2nc(NC3CC3)c3ncc(C#N)n3n2)c1. The molecule has 0 atom stereocenters. The summed E-state index contributed by atoms with van der Waals surface area (Å²) in [5.74, 6) is -1.98. The van der Waals surface area contributed by atoms with Crippen LogP contribution in [0.1, 0.15) is 42.5 Å². The number of likely N-dealkylation sites (tertiary alicyclic amines) is 1. The average molecular weight is 484 g/mol. The monoisotopic (exact) mass is 483 g/mol. The fourth-order valence-corrected chi connectivity index (χ4v) is 4.10. The van der Waals surface area contributed by atoms with Crippen molar-refractivity contribution >= 4 is 34.7 Å². The summed E-state index contributed by atoms with van der Waals surface area (Å²) in [6.07, 6.45) is 3.06. The number of hydrogen-bond donors (Lipinski definition) is 2. The van der Waals surface area contributed by atoms with Crippen molar-refractivity contribution < 1.29 is 8.78 Å². The molecule has 1 aromatic carbocycles. The van der Waals surface area contributed by atoms with Crippen LogP contribution in [0.5, 0.6) is 0 Å². The second kappa shape index (κ2) is 8.67. The van der Waals surface area contributed by atoms with Crippen molar-refractivity contribution in [3.63, 3.8) is 0 Å². The number of aromatic nitrogens is 4. The fraction of sp³-hybridized carbons (Fsp3) is 0.409. The van der Waals surface area contributed by atoms with Gasteiger partial charge < -0.3 is 10.6 Å². The summed E-state index contributed by atoms with van der Waals surface area (Å²) in [5.41, 5.74) is 2.11. The lowest BCUT2D eigenvalue weighted by atomic mass is 10.0. The van der Waals surface area contributed by atoms with Crippen LogP contribution in [0.3, 0.4) is 0 Å². The number of benzene rings is 1. The van der Waals surface area contributed by atoms with Crippen LogP contribution in [0.4, 0.5) is 26.2 Å². The Balaban J connectivity index is 1.46. The number of fused-ring (bicyclic) bond motifs is 1. The molecule has 2 fully saturated rings. The molecule has 3 heterocycles. The Morgan fingerprint density at radius 3 is 2.62 bits per heavy atom. The van der Waals surface area contributed by atoms with Crippen molar-refractivity contribution in [3.8, 4) is 12.1 Å². The quantitative estimate of drug-likeness (QED) is 0.538. The maximum Gasteiger partial charge on any atom is 0.250 e. The normalized spacial score (nSPS) is 17.8. The summed E-state index contributed by atoms with van der Waals surface area (Å²) < 4.78 is 28.5. The maximum absolute atomic E-state index is 13.5. The molecule has 0 unspecified atom stereocenters. The van der Waals surface area contributed by atoms with Crippen LogP contribution in [0, 0.1) is 22.7 Å². The molecule has 2 N–H and O–H groups in total. The number of rotatable bonds is 6. The van der Waals surface area contributed by atoms with E-state index in [2.05, 4.69) is 37.8 Å². The first-order valence-corrected chi connectivity index (χ1v) is 11.2. The van der Waals surface area contributed by atoms with Crippen LogP contribution in [0.2, 0.25) is 5.02 Å². The molecule has 0 spiro atoms. The molecule has 1 saturated heterocycles. The van der Waals surface area contributed by atoms with Gasteiger partial charge in [-0.15, -0.1) is 5.10 Å². The van der Waals surface area contributed by atoms with Gasteiger partial charge in [-0.2, -0.15) is 20.0 Å². The molecule has 0 amide bonds. The number of alkyl halides is 2. The number of nitrogens with one attached hydrogen (secondary N) is 2. The Morgan fingerprint density at radius 1 is 1.18 bits per heavy atom. The smallest absolute Gasteiger partial charge is 0.250 e. The van der Waals surface area contributed by atoms with Crippen LogP contribution in [-0.2, 0) is 6.54 Å². The lowest BCUT2D eigenvalue weighted by Gasteiger charge is -2.32. The van der Waals surface area contributed by atoms with E-state index in [1.807, 2.05) is 4.90 Å². The molecule has 3 aromatic rings. The predicted molar refractivity (Wildman–Crippen MR) is 121 cm³/mol. The van der Waals surface area contributed by atoms with Crippen LogP contribution in [-0.4, -0.2) is 49.5 Å². The molecule has 5 rings (SSSR count). The van der Waals surface area contributed by atoms with Crippen molar-refractivity contribution in [2.75, 3.05) is 23.7 Å². The summed E-state index contributed by atoms with van der Waals surface area (Å²) in [4.78, 5) is 10.7. The summed E-state index contributed by atoms with van der Waals surface area (Å²) in [6, 6.07) is 7.70. The minimum absolute atomic E-state index is 0.172. The van der Waals surface area contributed by atoms with E-state index in [1.54, 1.807) is 12.1 Å². The van der Waals surface area contributed by atoms with Gasteiger partial charge in [0.25, 0.3) is 5.92 Å². The summed E-state index contributed by atoms with van der Waals surface area (Å²) in [6.45, 7) is 0.834. The Bertz CT molecular complexity index is 1330. The maximum atomic E-state index is 13.5. The fourth-order valence-electron chi connectivity index (χ4n) is 3.88. The minimum Gasteiger partial charge on any atom is -0.364 e. The first-order valence-electron chi connectivity index (χ1n) is 10.9. The van der Waals surface area contributed by atoms with Gasteiger partial charge in [0.15, 0.2) is 17.2 Å². The number of nitrogens with zero attached hydrogens (tertiary/aromatic N) is 7. The van der Waals surface area contributed by atoms with Gasteiger partial charge in [-0.3, -0.25) is 4.90 Å². The highest BCUT2D eigenvalue weighted by Crippen LogP contribution is 2.34. The molecule has 1 aliphatic carbocycles. The van der Waals surface area contributed by atoms with Gasteiger partial charge >= 0.3 is 0 Å². The molecular formula is C22H20ClF2N9. The Kier molecular flexibility index (Phi) is 5.68. The highest BCUT2D eigenvalue weighted by Gasteiger charge is 2.34. The van der Waals surface area contributed by atoms with Crippen molar-refractivity contribution in [1.82, 2.24) is 24.5 Å². The van der Waals surface area contributed by atoms with E-state index in [0.29, 0.717) is 45.9 Å². The molecule has 0 radical (unpaired) electrons. The predicted octanol–water partition coefficient (Wildman–Crippen LogP) is 4.07. The highest BCUT2D eigenvalue weighted by molar-refractivity contribution is 6.34. The van der Waals surface area contributed by atoms with E-state index < -0.39 is 5.92 Å². The molecular weight excluding hydrogens is 464 g/mol. The Morgan fingerprint density at radius 2 is 1.94 bits per heavy atom. The number of halogens is 3. The molecule has 9 nitrogen and oxygen atoms in total. The minimum atomic E-state index is -2.64. The molecule has 1 aliphatic heterocycles. The van der Waals surface area contributed by atoms with Gasteiger partial charge in [-0.25, -0.2) is 13.8 Å². The molecule has 12 heteroatoms. The third-order valence-corrected chi connectivity index (χ3v) is 6.35. The van der Waals surface area contributed by atoms with Gasteiger partial charge in [-0.05, 0) is 30.5 Å². The van der Waals surface area contributed by atoms with Gasteiger partial charge in [0.2, 0.25) is 5.95 Å². The Hall–Kier alpha value is -3.54. The standard InChI is InChI=1S/C22H20ClF2N9/c23-18-14(12-33-5-3-22(24,25)4-6-33)7-13(9-26)8-17(18)30-21-31-19(29-15-1-2-15)20-28-11-16(10-27)34(20)32-21/h7-8,11,15H,1-6,12H2,(H2,29,30,31,32). The average Bonchev–Trinajstić information content (AvgIpc) is 3.53. The van der Waals surface area contributed by atoms with Crippen molar-refractivity contribution in [2.24, 2.45) is 0 Å². The van der Waals surface area contributed by atoms with Crippen LogP contribution in [0.25, 0.3) is 5.65 Å². The van der Waals surface area contributed by atoms with Crippen LogP contribution >= 0.6 is 11.6 Å². The molecule has 174 valence electrons. The third kappa shape index (κ3) is 4.58. The van der Waals surface area contributed by atoms with E-state index in [4.69, 9.17) is 11.6 Å². The van der Waals surface area contributed by atoms with E-state index in [-0.39, 0.29) is 37.6 Å². The van der Waals surface area contributed by atoms with Gasteiger partial charge in [0.05, 0.1) is 28.5 Å². The largest absolute Gasteiger partial charge is 0.364 e.